The van der Waals surface area contributed by atoms with Gasteiger partial charge in [-0.2, -0.15) is 0 Å². The highest BCUT2D eigenvalue weighted by Gasteiger charge is 2.22. The van der Waals surface area contributed by atoms with Crippen molar-refractivity contribution in [2.75, 3.05) is 18.4 Å². The molecule has 2 aromatic heterocycles. The van der Waals surface area contributed by atoms with Crippen molar-refractivity contribution in [3.8, 4) is 0 Å². The van der Waals surface area contributed by atoms with E-state index in [1.54, 1.807) is 11.8 Å². The molecule has 162 valence electrons. The third kappa shape index (κ3) is 4.33. The molecule has 0 spiro atoms. The number of hydrogen-bond donors (Lipinski definition) is 1. The van der Waals surface area contributed by atoms with E-state index in [-0.39, 0.29) is 23.0 Å². The number of nitrogens with zero attached hydrogens (tertiary/aromatic N) is 3. The lowest BCUT2D eigenvalue weighted by Gasteiger charge is -2.26. The molecule has 10 heteroatoms. The van der Waals surface area contributed by atoms with E-state index < -0.39 is 11.7 Å². The number of nitrogens with one attached hydrogen (secondary N) is 1. The average Bonchev–Trinajstić information content (AvgIpc) is 3.10. The zero-order chi connectivity index (χ0) is 22.1. The molecule has 31 heavy (non-hydrogen) atoms. The third-order valence-electron chi connectivity index (χ3n) is 5.32. The lowest BCUT2D eigenvalue weighted by molar-refractivity contribution is -0.132. The number of hydrogen-bond acceptors (Lipinski definition) is 5. The van der Waals surface area contributed by atoms with E-state index in [2.05, 4.69) is 10.3 Å². The number of carbonyl (C=O) groups excluding carboxylic acids is 2. The van der Waals surface area contributed by atoms with E-state index in [0.717, 1.165) is 36.7 Å². The molecule has 0 unspecified atom stereocenters. The second kappa shape index (κ2) is 8.76. The van der Waals surface area contributed by atoms with Crippen molar-refractivity contribution in [1.82, 2.24) is 14.5 Å². The molecule has 1 saturated heterocycles. The van der Waals surface area contributed by atoms with Gasteiger partial charge in [0.15, 0.2) is 0 Å². The molecular formula is C21H20ClFN4O3S. The van der Waals surface area contributed by atoms with Crippen molar-refractivity contribution in [3.63, 3.8) is 0 Å². The predicted octanol–water partition coefficient (Wildman–Crippen LogP) is 3.82. The second-order valence-electron chi connectivity index (χ2n) is 7.44. The Labute approximate surface area is 186 Å². The summed E-state index contributed by atoms with van der Waals surface area (Å²) in [7, 11) is 0. The summed E-state index contributed by atoms with van der Waals surface area (Å²) in [4.78, 5) is 45.1. The lowest BCUT2D eigenvalue weighted by Crippen LogP contribution is -2.39. The summed E-state index contributed by atoms with van der Waals surface area (Å²) in [5.74, 6) is -1.14. The fraction of sp³-hybridized carbons (Fsp3) is 0.333. The topological polar surface area (TPSA) is 84.3 Å². The van der Waals surface area contributed by atoms with E-state index >= 15 is 0 Å². The van der Waals surface area contributed by atoms with Crippen LogP contribution in [0.5, 0.6) is 0 Å². The van der Waals surface area contributed by atoms with Crippen molar-refractivity contribution in [1.29, 1.82) is 0 Å². The largest absolute Gasteiger partial charge is 0.341 e. The number of fused-ring (bicyclic) bond motifs is 1. The second-order valence-corrected chi connectivity index (χ2v) is 8.84. The summed E-state index contributed by atoms with van der Waals surface area (Å²) >= 11 is 6.86. The van der Waals surface area contributed by atoms with Gasteiger partial charge in [0.25, 0.3) is 11.5 Å². The Bertz CT molecular complexity index is 1230. The highest BCUT2D eigenvalue weighted by molar-refractivity contribution is 7.20. The maximum absolute atomic E-state index is 13.3. The number of rotatable bonds is 4. The Hall–Kier alpha value is -2.78. The molecule has 0 saturated carbocycles. The average molecular weight is 463 g/mol. The number of amides is 2. The molecule has 0 radical (unpaired) electrons. The van der Waals surface area contributed by atoms with Crippen molar-refractivity contribution >= 4 is 50.7 Å². The molecule has 0 bridgehead atoms. The first-order valence-corrected chi connectivity index (χ1v) is 11.1. The maximum Gasteiger partial charge on any atom is 0.266 e. The molecule has 1 N–H and O–H groups in total. The zero-order valence-electron chi connectivity index (χ0n) is 16.8. The van der Waals surface area contributed by atoms with Crippen LogP contribution in [0.25, 0.3) is 10.2 Å². The Morgan fingerprint density at radius 1 is 1.26 bits per heavy atom. The molecule has 0 aliphatic carbocycles. The van der Waals surface area contributed by atoms with Gasteiger partial charge < -0.3 is 10.2 Å². The molecule has 3 aromatic rings. The fourth-order valence-electron chi connectivity index (χ4n) is 3.64. The molecule has 0 atom stereocenters. The maximum atomic E-state index is 13.3. The first kappa shape index (κ1) is 21.5. The van der Waals surface area contributed by atoms with Crippen LogP contribution in [-0.4, -0.2) is 39.4 Å². The monoisotopic (exact) mass is 462 g/mol. The SMILES string of the molecule is Cc1c(C(=O)Nc2ccc(F)c(Cl)c2)sc2ncn(CC(=O)N3CCCCC3)c(=O)c12. The summed E-state index contributed by atoms with van der Waals surface area (Å²) < 4.78 is 14.6. The quantitative estimate of drug-likeness (QED) is 0.638. The number of halogens is 2. The van der Waals surface area contributed by atoms with Gasteiger partial charge in [-0.3, -0.25) is 19.0 Å². The summed E-state index contributed by atoms with van der Waals surface area (Å²) in [5.41, 5.74) is 0.474. The molecule has 7 nitrogen and oxygen atoms in total. The molecule has 2 amide bonds. The highest BCUT2D eigenvalue weighted by atomic mass is 35.5. The van der Waals surface area contributed by atoms with E-state index in [0.29, 0.717) is 39.4 Å². The summed E-state index contributed by atoms with van der Waals surface area (Å²) in [6.45, 7) is 3.01. The van der Waals surface area contributed by atoms with Crippen LogP contribution < -0.4 is 10.9 Å². The number of aryl methyl sites for hydroxylation is 1. The number of thiophene rings is 1. The molecule has 3 heterocycles. The molecular weight excluding hydrogens is 443 g/mol. The predicted molar refractivity (Wildman–Crippen MR) is 118 cm³/mol. The normalized spacial score (nSPS) is 14.1. The van der Waals surface area contributed by atoms with Gasteiger partial charge in [-0.1, -0.05) is 11.6 Å². The first-order valence-electron chi connectivity index (χ1n) is 9.88. The van der Waals surface area contributed by atoms with Crippen LogP contribution in [-0.2, 0) is 11.3 Å². The Balaban J connectivity index is 1.60. The Morgan fingerprint density at radius 3 is 2.71 bits per heavy atom. The van der Waals surface area contributed by atoms with Crippen molar-refractivity contribution in [2.45, 2.75) is 32.7 Å². The lowest BCUT2D eigenvalue weighted by atomic mass is 10.1. The van der Waals surface area contributed by atoms with E-state index in [9.17, 15) is 18.8 Å². The summed E-state index contributed by atoms with van der Waals surface area (Å²) in [6, 6.07) is 3.88. The van der Waals surface area contributed by atoms with Gasteiger partial charge in [0.05, 0.1) is 21.6 Å². The van der Waals surface area contributed by atoms with Crippen LogP contribution in [0, 0.1) is 12.7 Å². The molecule has 1 fully saturated rings. The van der Waals surface area contributed by atoms with Crippen LogP contribution >= 0.6 is 22.9 Å². The van der Waals surface area contributed by atoms with E-state index in [1.807, 2.05) is 0 Å². The minimum Gasteiger partial charge on any atom is -0.341 e. The molecule has 1 aliphatic heterocycles. The van der Waals surface area contributed by atoms with Crippen molar-refractivity contribution in [3.05, 3.63) is 56.2 Å². The van der Waals surface area contributed by atoms with Gasteiger partial charge in [-0.05, 0) is 49.9 Å². The molecule has 1 aliphatic rings. The van der Waals surface area contributed by atoms with Crippen molar-refractivity contribution in [2.24, 2.45) is 0 Å². The number of anilines is 1. The van der Waals surface area contributed by atoms with Crippen LogP contribution in [0.3, 0.4) is 0 Å². The van der Waals surface area contributed by atoms with Gasteiger partial charge in [0.1, 0.15) is 17.2 Å². The first-order chi connectivity index (χ1) is 14.8. The number of aromatic nitrogens is 2. The minimum atomic E-state index is -0.582. The third-order valence-corrected chi connectivity index (χ3v) is 6.80. The standard InChI is InChI=1S/C21H20ClFN4O3S/c1-12-17-20(31-18(12)19(29)25-13-5-6-15(23)14(22)9-13)24-11-27(21(17)30)10-16(28)26-7-3-2-4-8-26/h5-6,9,11H,2-4,7-8,10H2,1H3,(H,25,29). The number of likely N-dealkylation sites (tertiary alicyclic amines) is 1. The Morgan fingerprint density at radius 2 is 2.00 bits per heavy atom. The van der Waals surface area contributed by atoms with Crippen LogP contribution in [0.4, 0.5) is 10.1 Å². The zero-order valence-corrected chi connectivity index (χ0v) is 18.4. The van der Waals surface area contributed by atoms with Gasteiger partial charge >= 0.3 is 0 Å². The highest BCUT2D eigenvalue weighted by Crippen LogP contribution is 2.28. The van der Waals surface area contributed by atoms with E-state index in [1.165, 1.54) is 23.0 Å². The smallest absolute Gasteiger partial charge is 0.266 e. The summed E-state index contributed by atoms with van der Waals surface area (Å²) in [5, 5.41) is 2.88. The van der Waals surface area contributed by atoms with Gasteiger partial charge in [0.2, 0.25) is 5.91 Å². The van der Waals surface area contributed by atoms with Gasteiger partial charge in [-0.15, -0.1) is 11.3 Å². The van der Waals surface area contributed by atoms with Crippen LogP contribution in [0.15, 0.2) is 29.3 Å². The number of carbonyl (C=O) groups is 2. The minimum absolute atomic E-state index is 0.0767. The fourth-order valence-corrected chi connectivity index (χ4v) is 4.85. The Kier molecular flexibility index (Phi) is 6.06. The molecule has 1 aromatic carbocycles. The number of benzene rings is 1. The number of piperidine rings is 1. The van der Waals surface area contributed by atoms with Gasteiger partial charge in [-0.25, -0.2) is 9.37 Å². The van der Waals surface area contributed by atoms with Crippen molar-refractivity contribution < 1.29 is 14.0 Å². The van der Waals surface area contributed by atoms with Gasteiger partial charge in [0, 0.05) is 18.8 Å². The van der Waals surface area contributed by atoms with Crippen LogP contribution in [0.1, 0.15) is 34.5 Å². The van der Waals surface area contributed by atoms with Crippen LogP contribution in [0.2, 0.25) is 5.02 Å². The van der Waals surface area contributed by atoms with E-state index in [4.69, 9.17) is 11.6 Å². The summed E-state index contributed by atoms with van der Waals surface area (Å²) in [6.07, 6.45) is 4.41. The molecule has 4 rings (SSSR count).